The van der Waals surface area contributed by atoms with Crippen molar-refractivity contribution < 1.29 is 9.90 Å². The summed E-state index contributed by atoms with van der Waals surface area (Å²) >= 11 is 0. The molecule has 0 atom stereocenters. The van der Waals surface area contributed by atoms with Gasteiger partial charge in [0.2, 0.25) is 0 Å². The van der Waals surface area contributed by atoms with E-state index < -0.39 is 5.97 Å². The molecule has 3 N–H and O–H groups in total. The number of nitrogens with two attached hydrogens (primary N) is 1. The summed E-state index contributed by atoms with van der Waals surface area (Å²) in [6.07, 6.45) is 1.02. The normalized spacial score (nSPS) is 10.6. The van der Waals surface area contributed by atoms with Crippen molar-refractivity contribution in [3.05, 3.63) is 23.8 Å². The summed E-state index contributed by atoms with van der Waals surface area (Å²) in [5.74, 6) is -0.982. The first-order valence-corrected chi connectivity index (χ1v) is 5.86. The number of benzene rings is 1. The van der Waals surface area contributed by atoms with Gasteiger partial charge in [-0.3, -0.25) is 0 Å². The van der Waals surface area contributed by atoms with Crippen molar-refractivity contribution in [2.45, 2.75) is 33.2 Å². The van der Waals surface area contributed by atoms with Gasteiger partial charge < -0.3 is 15.7 Å². The molecule has 17 heavy (non-hydrogen) atoms. The van der Waals surface area contributed by atoms with E-state index in [-0.39, 0.29) is 5.56 Å². The Morgan fingerprint density at radius 2 is 2.12 bits per heavy atom. The zero-order valence-corrected chi connectivity index (χ0v) is 10.6. The van der Waals surface area contributed by atoms with Gasteiger partial charge in [-0.1, -0.05) is 6.92 Å². The zero-order chi connectivity index (χ0) is 13.0. The second kappa shape index (κ2) is 5.57. The molecule has 0 aliphatic heterocycles. The zero-order valence-electron chi connectivity index (χ0n) is 10.6. The molecule has 0 aromatic heterocycles. The molecule has 0 radical (unpaired) electrons. The third-order valence-electron chi connectivity index (χ3n) is 2.69. The van der Waals surface area contributed by atoms with Crippen LogP contribution in [-0.4, -0.2) is 23.7 Å². The van der Waals surface area contributed by atoms with Gasteiger partial charge >= 0.3 is 5.97 Å². The highest BCUT2D eigenvalue weighted by molar-refractivity contribution is 5.94. The van der Waals surface area contributed by atoms with Crippen LogP contribution in [0.2, 0.25) is 0 Å². The molecular weight excluding hydrogens is 216 g/mol. The van der Waals surface area contributed by atoms with Crippen molar-refractivity contribution in [3.8, 4) is 0 Å². The molecule has 0 saturated heterocycles. The van der Waals surface area contributed by atoms with E-state index in [1.807, 2.05) is 6.07 Å². The van der Waals surface area contributed by atoms with Gasteiger partial charge in [-0.05, 0) is 38.5 Å². The maximum atomic E-state index is 11.0. The average molecular weight is 236 g/mol. The number of hydrogen-bond donors (Lipinski definition) is 2. The SMILES string of the molecule is CCCN(c1ccc(N)c(C(=O)O)c1)C(C)C. The summed E-state index contributed by atoms with van der Waals surface area (Å²) < 4.78 is 0. The highest BCUT2D eigenvalue weighted by Crippen LogP contribution is 2.23. The predicted octanol–water partition coefficient (Wildman–Crippen LogP) is 2.59. The second-order valence-corrected chi connectivity index (χ2v) is 4.36. The lowest BCUT2D eigenvalue weighted by atomic mass is 10.1. The first kappa shape index (κ1) is 13.4. The van der Waals surface area contributed by atoms with Crippen LogP contribution in [-0.2, 0) is 0 Å². The Labute approximate surface area is 102 Å². The van der Waals surface area contributed by atoms with Crippen molar-refractivity contribution >= 4 is 17.3 Å². The molecule has 0 unspecified atom stereocenters. The molecule has 0 saturated carbocycles. The number of rotatable bonds is 5. The number of nitrogens with zero attached hydrogens (tertiary/aromatic N) is 1. The lowest BCUT2D eigenvalue weighted by Gasteiger charge is -2.29. The summed E-state index contributed by atoms with van der Waals surface area (Å²) in [5, 5.41) is 9.04. The molecule has 1 aromatic carbocycles. The topological polar surface area (TPSA) is 66.6 Å². The van der Waals surface area contributed by atoms with Crippen LogP contribution in [0.4, 0.5) is 11.4 Å². The van der Waals surface area contributed by atoms with E-state index in [0.717, 1.165) is 18.7 Å². The standard InChI is InChI=1S/C13H20N2O2/c1-4-7-15(9(2)3)10-5-6-12(14)11(8-10)13(16)17/h5-6,8-9H,4,7,14H2,1-3H3,(H,16,17). The van der Waals surface area contributed by atoms with Crippen LogP contribution in [0.5, 0.6) is 0 Å². The molecule has 0 fully saturated rings. The van der Waals surface area contributed by atoms with Gasteiger partial charge in [-0.2, -0.15) is 0 Å². The molecule has 4 heteroatoms. The van der Waals surface area contributed by atoms with Crippen LogP contribution in [0.15, 0.2) is 18.2 Å². The minimum atomic E-state index is -0.982. The molecule has 0 spiro atoms. The molecule has 0 amide bonds. The number of anilines is 2. The van der Waals surface area contributed by atoms with Crippen LogP contribution in [0, 0.1) is 0 Å². The summed E-state index contributed by atoms with van der Waals surface area (Å²) in [4.78, 5) is 13.2. The molecule has 0 aliphatic carbocycles. The molecule has 0 heterocycles. The van der Waals surface area contributed by atoms with Crippen LogP contribution in [0.3, 0.4) is 0 Å². The quantitative estimate of drug-likeness (QED) is 0.771. The molecule has 1 aromatic rings. The summed E-state index contributed by atoms with van der Waals surface area (Å²) in [6, 6.07) is 5.51. The van der Waals surface area contributed by atoms with Crippen molar-refractivity contribution in [3.63, 3.8) is 0 Å². The monoisotopic (exact) mass is 236 g/mol. The van der Waals surface area contributed by atoms with Gasteiger partial charge in [0.05, 0.1) is 5.56 Å². The number of carboxylic acid groups (broad SMARTS) is 1. The first-order valence-electron chi connectivity index (χ1n) is 5.86. The summed E-state index contributed by atoms with van der Waals surface area (Å²) in [6.45, 7) is 7.18. The van der Waals surface area contributed by atoms with Crippen molar-refractivity contribution in [1.29, 1.82) is 0 Å². The van der Waals surface area contributed by atoms with Gasteiger partial charge in [-0.15, -0.1) is 0 Å². The number of carboxylic acids is 1. The fraction of sp³-hybridized carbons (Fsp3) is 0.462. The predicted molar refractivity (Wildman–Crippen MR) is 70.6 cm³/mol. The number of hydrogen-bond acceptors (Lipinski definition) is 3. The van der Waals surface area contributed by atoms with Crippen LogP contribution in [0.25, 0.3) is 0 Å². The van der Waals surface area contributed by atoms with E-state index >= 15 is 0 Å². The van der Waals surface area contributed by atoms with E-state index in [1.54, 1.807) is 12.1 Å². The van der Waals surface area contributed by atoms with Crippen LogP contribution >= 0.6 is 0 Å². The molecule has 0 bridgehead atoms. The maximum absolute atomic E-state index is 11.0. The number of carbonyl (C=O) groups is 1. The second-order valence-electron chi connectivity index (χ2n) is 4.36. The Kier molecular flexibility index (Phi) is 4.37. The van der Waals surface area contributed by atoms with Gasteiger partial charge in [0.1, 0.15) is 0 Å². The highest BCUT2D eigenvalue weighted by atomic mass is 16.4. The van der Waals surface area contributed by atoms with E-state index in [0.29, 0.717) is 11.7 Å². The molecule has 0 aliphatic rings. The highest BCUT2D eigenvalue weighted by Gasteiger charge is 2.14. The Morgan fingerprint density at radius 3 is 2.59 bits per heavy atom. The average Bonchev–Trinajstić information content (AvgIpc) is 2.26. The third-order valence-corrected chi connectivity index (χ3v) is 2.69. The smallest absolute Gasteiger partial charge is 0.337 e. The van der Waals surface area contributed by atoms with Crippen molar-refractivity contribution in [2.24, 2.45) is 0 Å². The van der Waals surface area contributed by atoms with Gasteiger partial charge in [0.25, 0.3) is 0 Å². The molecule has 94 valence electrons. The Hall–Kier alpha value is -1.71. The van der Waals surface area contributed by atoms with Crippen LogP contribution in [0.1, 0.15) is 37.6 Å². The van der Waals surface area contributed by atoms with E-state index in [4.69, 9.17) is 10.8 Å². The minimum Gasteiger partial charge on any atom is -0.478 e. The Bertz CT molecular complexity index is 402. The summed E-state index contributed by atoms with van der Waals surface area (Å²) in [5.41, 5.74) is 7.03. The minimum absolute atomic E-state index is 0.171. The fourth-order valence-corrected chi connectivity index (χ4v) is 1.83. The van der Waals surface area contributed by atoms with Gasteiger partial charge in [0.15, 0.2) is 0 Å². The molecular formula is C13H20N2O2. The Morgan fingerprint density at radius 1 is 1.47 bits per heavy atom. The number of nitrogen functional groups attached to an aromatic ring is 1. The van der Waals surface area contributed by atoms with E-state index in [9.17, 15) is 4.79 Å². The lowest BCUT2D eigenvalue weighted by molar-refractivity contribution is 0.0698. The van der Waals surface area contributed by atoms with Crippen LogP contribution < -0.4 is 10.6 Å². The molecule has 4 nitrogen and oxygen atoms in total. The Balaban J connectivity index is 3.12. The largest absolute Gasteiger partial charge is 0.478 e. The van der Waals surface area contributed by atoms with E-state index in [1.165, 1.54) is 0 Å². The number of aromatic carboxylic acids is 1. The summed E-state index contributed by atoms with van der Waals surface area (Å²) in [7, 11) is 0. The van der Waals surface area contributed by atoms with E-state index in [2.05, 4.69) is 25.7 Å². The maximum Gasteiger partial charge on any atom is 0.337 e. The van der Waals surface area contributed by atoms with Crippen molar-refractivity contribution in [1.82, 2.24) is 0 Å². The molecule has 1 rings (SSSR count). The third kappa shape index (κ3) is 3.12. The lowest BCUT2D eigenvalue weighted by Crippen LogP contribution is -2.31. The first-order chi connectivity index (χ1) is 7.97. The van der Waals surface area contributed by atoms with Crippen molar-refractivity contribution in [2.75, 3.05) is 17.2 Å². The van der Waals surface area contributed by atoms with Gasteiger partial charge in [0, 0.05) is 24.0 Å². The van der Waals surface area contributed by atoms with Gasteiger partial charge in [-0.25, -0.2) is 4.79 Å². The fourth-order valence-electron chi connectivity index (χ4n) is 1.83.